The van der Waals surface area contributed by atoms with Crippen LogP contribution in [0.15, 0.2) is 18.2 Å². The van der Waals surface area contributed by atoms with Crippen molar-refractivity contribution >= 4 is 5.91 Å². The van der Waals surface area contributed by atoms with Crippen molar-refractivity contribution in [3.05, 3.63) is 23.8 Å². The van der Waals surface area contributed by atoms with Gasteiger partial charge in [0.15, 0.2) is 11.5 Å². The van der Waals surface area contributed by atoms with Gasteiger partial charge in [-0.2, -0.15) is 0 Å². The summed E-state index contributed by atoms with van der Waals surface area (Å²) in [6.07, 6.45) is 0. The van der Waals surface area contributed by atoms with Gasteiger partial charge in [-0.15, -0.1) is 0 Å². The summed E-state index contributed by atoms with van der Waals surface area (Å²) in [5.74, 6) is 0.569. The Kier molecular flexibility index (Phi) is 4.78. The first kappa shape index (κ1) is 13.3. The maximum atomic E-state index is 11.3. The highest BCUT2D eigenvalue weighted by Crippen LogP contribution is 2.25. The van der Waals surface area contributed by atoms with Gasteiger partial charge in [-0.3, -0.25) is 4.79 Å². The Balaban J connectivity index is 2.50. The van der Waals surface area contributed by atoms with Crippen molar-refractivity contribution < 1.29 is 14.6 Å². The zero-order chi connectivity index (χ0) is 12.8. The molecular formula is C12H18N2O3. The number of hydrogen-bond acceptors (Lipinski definition) is 4. The Bertz CT molecular complexity index is 391. The van der Waals surface area contributed by atoms with Gasteiger partial charge in [0.1, 0.15) is 0 Å². The van der Waals surface area contributed by atoms with Crippen LogP contribution in [0.25, 0.3) is 0 Å². The number of nitrogens with one attached hydrogen (secondary N) is 1. The maximum Gasteiger partial charge on any atom is 0.236 e. The van der Waals surface area contributed by atoms with Crippen LogP contribution in [0.4, 0.5) is 0 Å². The number of methoxy groups -OCH3 is 1. The highest BCUT2D eigenvalue weighted by atomic mass is 16.5. The maximum absolute atomic E-state index is 11.3. The molecule has 2 N–H and O–H groups in total. The molecule has 1 aromatic rings. The molecule has 5 nitrogen and oxygen atoms in total. The van der Waals surface area contributed by atoms with E-state index in [0.29, 0.717) is 12.3 Å². The number of aromatic hydroxyl groups is 1. The van der Waals surface area contributed by atoms with E-state index in [-0.39, 0.29) is 18.2 Å². The summed E-state index contributed by atoms with van der Waals surface area (Å²) in [6.45, 7) is 0.840. The van der Waals surface area contributed by atoms with E-state index in [2.05, 4.69) is 5.32 Å². The second-order valence-electron chi connectivity index (χ2n) is 3.90. The van der Waals surface area contributed by atoms with E-state index >= 15 is 0 Å². The molecule has 0 heterocycles. The topological polar surface area (TPSA) is 61.8 Å². The minimum atomic E-state index is 0.0238. The average molecular weight is 238 g/mol. The quantitative estimate of drug-likeness (QED) is 0.787. The Morgan fingerprint density at radius 2 is 2.18 bits per heavy atom. The first-order valence-electron chi connectivity index (χ1n) is 5.31. The standard InChI is InChI=1S/C12H18N2O3/c1-14(2)12(16)8-13-7-9-4-5-10(15)11(6-9)17-3/h4-6,13,15H,7-8H2,1-3H3. The summed E-state index contributed by atoms with van der Waals surface area (Å²) in [5, 5.41) is 12.4. The fourth-order valence-electron chi connectivity index (χ4n) is 1.30. The summed E-state index contributed by atoms with van der Waals surface area (Å²) < 4.78 is 5.00. The molecule has 1 rings (SSSR count). The number of rotatable bonds is 5. The number of ether oxygens (including phenoxy) is 1. The van der Waals surface area contributed by atoms with Gasteiger partial charge in [0.05, 0.1) is 13.7 Å². The number of likely N-dealkylation sites (N-methyl/N-ethyl adjacent to an activating group) is 1. The number of phenols is 1. The molecule has 94 valence electrons. The van der Waals surface area contributed by atoms with Crippen LogP contribution in [0, 0.1) is 0 Å². The van der Waals surface area contributed by atoms with Gasteiger partial charge in [-0.1, -0.05) is 6.07 Å². The zero-order valence-electron chi connectivity index (χ0n) is 10.4. The SMILES string of the molecule is COc1cc(CNCC(=O)N(C)C)ccc1O. The molecule has 0 saturated heterocycles. The molecule has 0 radical (unpaired) electrons. The van der Waals surface area contributed by atoms with Crippen LogP contribution in [0.2, 0.25) is 0 Å². The van der Waals surface area contributed by atoms with Crippen molar-refractivity contribution in [1.29, 1.82) is 0 Å². The number of carbonyl (C=O) groups is 1. The Labute approximate surface area is 101 Å². The van der Waals surface area contributed by atoms with E-state index in [9.17, 15) is 9.90 Å². The highest BCUT2D eigenvalue weighted by Gasteiger charge is 2.05. The fraction of sp³-hybridized carbons (Fsp3) is 0.417. The fourth-order valence-corrected chi connectivity index (χ4v) is 1.30. The number of nitrogens with zero attached hydrogens (tertiary/aromatic N) is 1. The first-order chi connectivity index (χ1) is 8.04. The van der Waals surface area contributed by atoms with Crippen LogP contribution in [0.3, 0.4) is 0 Å². The van der Waals surface area contributed by atoms with Crippen molar-refractivity contribution in [1.82, 2.24) is 10.2 Å². The van der Waals surface area contributed by atoms with Crippen LogP contribution >= 0.6 is 0 Å². The van der Waals surface area contributed by atoms with Gasteiger partial charge in [-0.25, -0.2) is 0 Å². The van der Waals surface area contributed by atoms with Crippen LogP contribution in [0.5, 0.6) is 11.5 Å². The first-order valence-corrected chi connectivity index (χ1v) is 5.31. The van der Waals surface area contributed by atoms with Crippen LogP contribution in [-0.2, 0) is 11.3 Å². The monoisotopic (exact) mass is 238 g/mol. The lowest BCUT2D eigenvalue weighted by Gasteiger charge is -2.11. The van der Waals surface area contributed by atoms with Gasteiger partial charge in [0.25, 0.3) is 0 Å². The molecule has 0 unspecified atom stereocenters. The number of carbonyl (C=O) groups excluding carboxylic acids is 1. The van der Waals surface area contributed by atoms with Crippen molar-refractivity contribution in [2.45, 2.75) is 6.54 Å². The molecule has 0 fully saturated rings. The second-order valence-corrected chi connectivity index (χ2v) is 3.90. The van der Waals surface area contributed by atoms with Crippen LogP contribution < -0.4 is 10.1 Å². The number of phenolic OH excluding ortho intramolecular Hbond substituents is 1. The molecule has 0 saturated carbocycles. The van der Waals surface area contributed by atoms with Gasteiger partial charge in [0.2, 0.25) is 5.91 Å². The van der Waals surface area contributed by atoms with E-state index in [4.69, 9.17) is 4.74 Å². The third-order valence-electron chi connectivity index (χ3n) is 2.35. The predicted octanol–water partition coefficient (Wildman–Crippen LogP) is 0.579. The zero-order valence-corrected chi connectivity index (χ0v) is 10.4. The van der Waals surface area contributed by atoms with Crippen LogP contribution in [-0.4, -0.2) is 43.7 Å². The van der Waals surface area contributed by atoms with Gasteiger partial charge < -0.3 is 20.1 Å². The lowest BCUT2D eigenvalue weighted by atomic mass is 10.2. The number of benzene rings is 1. The second kappa shape index (κ2) is 6.10. The van der Waals surface area contributed by atoms with Crippen molar-refractivity contribution in [2.24, 2.45) is 0 Å². The van der Waals surface area contributed by atoms with Crippen molar-refractivity contribution in [2.75, 3.05) is 27.7 Å². The minimum Gasteiger partial charge on any atom is -0.504 e. The smallest absolute Gasteiger partial charge is 0.236 e. The summed E-state index contributed by atoms with van der Waals surface area (Å²) in [4.78, 5) is 12.8. The molecule has 1 amide bonds. The normalized spacial score (nSPS) is 10.1. The molecule has 0 bridgehead atoms. The number of amides is 1. The van der Waals surface area contributed by atoms with Gasteiger partial charge in [-0.05, 0) is 17.7 Å². The molecular weight excluding hydrogens is 220 g/mol. The average Bonchev–Trinajstić information content (AvgIpc) is 2.31. The summed E-state index contributed by atoms with van der Waals surface area (Å²) in [5.41, 5.74) is 0.950. The molecule has 0 aromatic heterocycles. The molecule has 0 spiro atoms. The lowest BCUT2D eigenvalue weighted by molar-refractivity contribution is -0.127. The Hall–Kier alpha value is -1.75. The van der Waals surface area contributed by atoms with E-state index in [1.54, 1.807) is 32.3 Å². The predicted molar refractivity (Wildman–Crippen MR) is 65.1 cm³/mol. The Morgan fingerprint density at radius 3 is 2.76 bits per heavy atom. The van der Waals surface area contributed by atoms with Gasteiger partial charge >= 0.3 is 0 Å². The molecule has 17 heavy (non-hydrogen) atoms. The van der Waals surface area contributed by atoms with Crippen molar-refractivity contribution in [3.63, 3.8) is 0 Å². The van der Waals surface area contributed by atoms with E-state index in [0.717, 1.165) is 5.56 Å². The van der Waals surface area contributed by atoms with E-state index in [1.807, 2.05) is 0 Å². The van der Waals surface area contributed by atoms with Crippen LogP contribution in [0.1, 0.15) is 5.56 Å². The molecule has 1 aromatic carbocycles. The molecule has 0 aliphatic heterocycles. The Morgan fingerprint density at radius 1 is 1.47 bits per heavy atom. The molecule has 0 atom stereocenters. The molecule has 0 aliphatic rings. The van der Waals surface area contributed by atoms with E-state index in [1.165, 1.54) is 12.0 Å². The summed E-state index contributed by atoms with van der Waals surface area (Å²) in [7, 11) is 4.93. The van der Waals surface area contributed by atoms with Gasteiger partial charge in [0, 0.05) is 20.6 Å². The summed E-state index contributed by atoms with van der Waals surface area (Å²) in [6, 6.07) is 5.09. The summed E-state index contributed by atoms with van der Waals surface area (Å²) >= 11 is 0. The van der Waals surface area contributed by atoms with Crippen molar-refractivity contribution in [3.8, 4) is 11.5 Å². The molecule has 0 aliphatic carbocycles. The third kappa shape index (κ3) is 3.96. The number of hydrogen-bond donors (Lipinski definition) is 2. The van der Waals surface area contributed by atoms with E-state index < -0.39 is 0 Å². The third-order valence-corrected chi connectivity index (χ3v) is 2.35. The molecule has 5 heteroatoms. The minimum absolute atomic E-state index is 0.0238. The lowest BCUT2D eigenvalue weighted by Crippen LogP contribution is -2.32. The highest BCUT2D eigenvalue weighted by molar-refractivity contribution is 5.77. The largest absolute Gasteiger partial charge is 0.504 e.